The van der Waals surface area contributed by atoms with Crippen molar-refractivity contribution in [1.29, 1.82) is 0 Å². The van der Waals surface area contributed by atoms with E-state index in [1.54, 1.807) is 23.6 Å². The van der Waals surface area contributed by atoms with Crippen LogP contribution >= 0.6 is 0 Å². The highest BCUT2D eigenvalue weighted by atomic mass is 16.7. The van der Waals surface area contributed by atoms with Crippen LogP contribution in [0.2, 0.25) is 0 Å². The second-order valence-electron chi connectivity index (χ2n) is 3.21. The first-order valence-corrected chi connectivity index (χ1v) is 5.06. The van der Waals surface area contributed by atoms with Crippen LogP contribution in [-0.4, -0.2) is 31.4 Å². The van der Waals surface area contributed by atoms with Crippen LogP contribution in [0.4, 0.5) is 0 Å². The van der Waals surface area contributed by atoms with E-state index in [2.05, 4.69) is 10.2 Å². The molecule has 0 heterocycles. The Morgan fingerprint density at radius 3 is 2.79 bits per heavy atom. The maximum Gasteiger partial charge on any atom is 0.275 e. The number of ether oxygens (including phenoxy) is 2. The molecule has 0 aliphatic carbocycles. The molecule has 102 valence electrons. The quantitative estimate of drug-likeness (QED) is 0.338. The summed E-state index contributed by atoms with van der Waals surface area (Å²) in [6, 6.07) is 5.09. The van der Waals surface area contributed by atoms with Crippen molar-refractivity contribution in [3.05, 3.63) is 33.9 Å². The molecule has 0 atom stereocenters. The highest BCUT2D eigenvalue weighted by Crippen LogP contribution is 2.22. The molecule has 9 heteroatoms. The fourth-order valence-electron chi connectivity index (χ4n) is 1.19. The number of guanidine groups is 1. The summed E-state index contributed by atoms with van der Waals surface area (Å²) in [6.45, 7) is 0. The number of nitro groups is 1. The van der Waals surface area contributed by atoms with E-state index in [9.17, 15) is 10.1 Å². The largest absolute Gasteiger partial charge is 0.497 e. The van der Waals surface area contributed by atoms with Crippen LogP contribution in [0.1, 0.15) is 5.56 Å². The number of nitrogens with one attached hydrogen (secondary N) is 1. The lowest BCUT2D eigenvalue weighted by Crippen LogP contribution is -2.35. The summed E-state index contributed by atoms with van der Waals surface area (Å²) in [6.07, 6.45) is 1.35. The van der Waals surface area contributed by atoms with Crippen molar-refractivity contribution in [1.82, 2.24) is 5.43 Å². The highest BCUT2D eigenvalue weighted by Gasteiger charge is 2.02. The van der Waals surface area contributed by atoms with Gasteiger partial charge in [0.1, 0.15) is 11.5 Å². The molecule has 0 aromatic heterocycles. The molecule has 3 N–H and O–H groups in total. The fourth-order valence-corrected chi connectivity index (χ4v) is 1.19. The first-order chi connectivity index (χ1) is 9.06. The number of nitrogens with zero attached hydrogens (tertiary/aromatic N) is 3. The van der Waals surface area contributed by atoms with Crippen molar-refractivity contribution in [2.75, 3.05) is 14.2 Å². The van der Waals surface area contributed by atoms with Crippen LogP contribution in [0.15, 0.2) is 28.4 Å². The molecule has 19 heavy (non-hydrogen) atoms. The van der Waals surface area contributed by atoms with Crippen LogP contribution in [0, 0.1) is 10.1 Å². The molecule has 0 amide bonds. The van der Waals surface area contributed by atoms with Gasteiger partial charge in [0.05, 0.1) is 20.4 Å². The molecule has 0 aliphatic heterocycles. The van der Waals surface area contributed by atoms with Crippen LogP contribution < -0.4 is 20.6 Å². The lowest BCUT2D eigenvalue weighted by Gasteiger charge is -2.06. The zero-order chi connectivity index (χ0) is 14.3. The molecule has 1 aromatic carbocycles. The molecule has 0 unspecified atom stereocenters. The maximum atomic E-state index is 10.1. The van der Waals surface area contributed by atoms with E-state index < -0.39 is 11.0 Å². The first-order valence-electron chi connectivity index (χ1n) is 5.06. The van der Waals surface area contributed by atoms with Crippen molar-refractivity contribution in [3.8, 4) is 11.5 Å². The fraction of sp³-hybridized carbons (Fsp3) is 0.200. The van der Waals surface area contributed by atoms with Crippen molar-refractivity contribution < 1.29 is 14.5 Å². The van der Waals surface area contributed by atoms with Crippen molar-refractivity contribution >= 4 is 12.2 Å². The zero-order valence-electron chi connectivity index (χ0n) is 10.4. The van der Waals surface area contributed by atoms with E-state index in [0.29, 0.717) is 17.1 Å². The van der Waals surface area contributed by atoms with E-state index in [4.69, 9.17) is 15.2 Å². The molecule has 0 bridgehead atoms. The molecule has 9 nitrogen and oxygen atoms in total. The monoisotopic (exact) mass is 267 g/mol. The molecule has 0 aliphatic rings. The Morgan fingerprint density at radius 2 is 2.21 bits per heavy atom. The van der Waals surface area contributed by atoms with Crippen LogP contribution in [-0.2, 0) is 0 Å². The molecule has 1 aromatic rings. The number of hydrazine groups is 1. The number of nitrogens with two attached hydrogens (primary N) is 1. The SMILES string of the molecule is COc1ccc(/C=N/N=C(/N)N[N+](=O)[O-])c(OC)c1. The third kappa shape index (κ3) is 4.50. The molecule has 0 radical (unpaired) electrons. The summed E-state index contributed by atoms with van der Waals surface area (Å²) in [5.41, 5.74) is 7.47. The number of hydrogen-bond acceptors (Lipinski definition) is 6. The Kier molecular flexibility index (Phi) is 5.08. The normalized spacial score (nSPS) is 11.4. The molecular formula is C10H13N5O4. The summed E-state index contributed by atoms with van der Waals surface area (Å²) in [5.74, 6) is 0.736. The van der Waals surface area contributed by atoms with Crippen molar-refractivity contribution in [3.63, 3.8) is 0 Å². The van der Waals surface area contributed by atoms with Gasteiger partial charge in [-0.2, -0.15) is 5.10 Å². The van der Waals surface area contributed by atoms with E-state index >= 15 is 0 Å². The molecule has 0 fully saturated rings. The lowest BCUT2D eigenvalue weighted by molar-refractivity contribution is -0.525. The molecule has 0 saturated heterocycles. The zero-order valence-corrected chi connectivity index (χ0v) is 10.4. The third-order valence-electron chi connectivity index (χ3n) is 2.01. The summed E-state index contributed by atoms with van der Waals surface area (Å²) in [4.78, 5) is 10.1. The molecule has 1 rings (SSSR count). The second kappa shape index (κ2) is 6.79. The second-order valence-corrected chi connectivity index (χ2v) is 3.21. The Morgan fingerprint density at radius 1 is 1.47 bits per heavy atom. The molecular weight excluding hydrogens is 254 g/mol. The van der Waals surface area contributed by atoms with Gasteiger partial charge in [0.25, 0.3) is 5.96 Å². The van der Waals surface area contributed by atoms with Crippen LogP contribution in [0.5, 0.6) is 11.5 Å². The standard InChI is InChI=1S/C10H13N5O4/c1-18-8-4-3-7(9(5-8)19-2)6-12-13-10(11)14-15(16)17/h3-6H,1-2H3,(H3,11,13,14)/b12-6+. The van der Waals surface area contributed by atoms with Gasteiger partial charge < -0.3 is 15.2 Å². The van der Waals surface area contributed by atoms with E-state index in [-0.39, 0.29) is 0 Å². The highest BCUT2D eigenvalue weighted by molar-refractivity contribution is 5.85. The Bertz CT molecular complexity index is 515. The molecule has 0 spiro atoms. The van der Waals surface area contributed by atoms with Crippen LogP contribution in [0.3, 0.4) is 0 Å². The van der Waals surface area contributed by atoms with Gasteiger partial charge in [-0.05, 0) is 12.1 Å². The minimum absolute atomic E-state index is 0.422. The van der Waals surface area contributed by atoms with E-state index in [1.807, 2.05) is 0 Å². The number of hydrogen-bond donors (Lipinski definition) is 2. The van der Waals surface area contributed by atoms with Gasteiger partial charge in [0.2, 0.25) is 0 Å². The molecule has 0 saturated carbocycles. The van der Waals surface area contributed by atoms with Gasteiger partial charge in [-0.1, -0.05) is 5.43 Å². The first kappa shape index (κ1) is 14.2. The van der Waals surface area contributed by atoms with Crippen molar-refractivity contribution in [2.24, 2.45) is 15.9 Å². The van der Waals surface area contributed by atoms with E-state index in [1.165, 1.54) is 20.4 Å². The average molecular weight is 267 g/mol. The Balaban J connectivity index is 2.84. The maximum absolute atomic E-state index is 10.1. The minimum atomic E-state index is -0.831. The number of benzene rings is 1. The number of rotatable bonds is 5. The summed E-state index contributed by atoms with van der Waals surface area (Å²) in [7, 11) is 3.04. The summed E-state index contributed by atoms with van der Waals surface area (Å²) in [5, 5.41) is 16.2. The number of methoxy groups -OCH3 is 2. The van der Waals surface area contributed by atoms with Gasteiger partial charge in [-0.3, -0.25) is 0 Å². The minimum Gasteiger partial charge on any atom is -0.497 e. The van der Waals surface area contributed by atoms with Crippen molar-refractivity contribution in [2.45, 2.75) is 0 Å². The smallest absolute Gasteiger partial charge is 0.275 e. The van der Waals surface area contributed by atoms with E-state index in [0.717, 1.165) is 0 Å². The Hall–Kier alpha value is -2.84. The predicted octanol–water partition coefficient (Wildman–Crippen LogP) is 0.134. The predicted molar refractivity (Wildman–Crippen MR) is 68.9 cm³/mol. The average Bonchev–Trinajstić information content (AvgIpc) is 2.38. The van der Waals surface area contributed by atoms with Gasteiger partial charge in [0, 0.05) is 11.6 Å². The topological polar surface area (TPSA) is 124 Å². The summed E-state index contributed by atoms with van der Waals surface area (Å²) < 4.78 is 10.2. The third-order valence-corrected chi connectivity index (χ3v) is 2.01. The Labute approximate surface area is 108 Å². The van der Waals surface area contributed by atoms with Gasteiger partial charge in [-0.25, -0.2) is 10.1 Å². The van der Waals surface area contributed by atoms with Gasteiger partial charge in [0.15, 0.2) is 5.03 Å². The van der Waals surface area contributed by atoms with Gasteiger partial charge >= 0.3 is 0 Å². The van der Waals surface area contributed by atoms with Gasteiger partial charge in [-0.15, -0.1) is 5.10 Å². The summed E-state index contributed by atoms with van der Waals surface area (Å²) >= 11 is 0. The lowest BCUT2D eigenvalue weighted by atomic mass is 10.2. The van der Waals surface area contributed by atoms with Crippen LogP contribution in [0.25, 0.3) is 0 Å².